The summed E-state index contributed by atoms with van der Waals surface area (Å²) in [6.07, 6.45) is 0. The fourth-order valence-electron chi connectivity index (χ4n) is 6.97. The lowest BCUT2D eigenvalue weighted by Crippen LogP contribution is -1.97. The van der Waals surface area contributed by atoms with E-state index in [0.717, 1.165) is 11.4 Å². The van der Waals surface area contributed by atoms with Crippen LogP contribution in [-0.2, 0) is 0 Å². The van der Waals surface area contributed by atoms with E-state index < -0.39 is 0 Å². The molecule has 0 unspecified atom stereocenters. The Morgan fingerprint density at radius 1 is 0.250 bits per heavy atom. The van der Waals surface area contributed by atoms with Crippen LogP contribution in [0.4, 0.5) is 0 Å². The number of benzene rings is 7. The van der Waals surface area contributed by atoms with Crippen molar-refractivity contribution in [3.8, 4) is 56.1 Å². The molecule has 0 bridgehead atoms. The van der Waals surface area contributed by atoms with Crippen LogP contribution in [0.1, 0.15) is 0 Å². The van der Waals surface area contributed by atoms with Crippen LogP contribution in [0.25, 0.3) is 77.9 Å². The summed E-state index contributed by atoms with van der Waals surface area (Å²) < 4.78 is 4.81. The fourth-order valence-corrected chi connectivity index (χ4v) is 6.97. The number of fused-ring (bicyclic) bond motifs is 2. The third kappa shape index (κ3) is 4.92. The third-order valence-electron chi connectivity index (χ3n) is 9.33. The summed E-state index contributed by atoms with van der Waals surface area (Å²) in [6.45, 7) is 0. The van der Waals surface area contributed by atoms with Crippen molar-refractivity contribution in [1.29, 1.82) is 0 Å². The molecule has 0 amide bonds. The second kappa shape index (κ2) is 11.8. The van der Waals surface area contributed by atoms with Crippen molar-refractivity contribution in [2.45, 2.75) is 0 Å². The van der Waals surface area contributed by atoms with Gasteiger partial charge in [-0.15, -0.1) is 0 Å². The molecule has 0 aliphatic carbocycles. The molecule has 7 aromatic carbocycles. The summed E-state index contributed by atoms with van der Waals surface area (Å²) in [5, 5.41) is 2.41. The van der Waals surface area contributed by atoms with E-state index in [1.54, 1.807) is 0 Å². The maximum Gasteiger partial charge on any atom is 0.0542 e. The van der Waals surface area contributed by atoms with Crippen molar-refractivity contribution in [3.63, 3.8) is 0 Å². The van der Waals surface area contributed by atoms with Gasteiger partial charge in [0.15, 0.2) is 0 Å². The van der Waals surface area contributed by atoms with Gasteiger partial charge in [-0.05, 0) is 81.9 Å². The first-order chi connectivity index (χ1) is 23.8. The van der Waals surface area contributed by atoms with Gasteiger partial charge >= 0.3 is 0 Å². The van der Waals surface area contributed by atoms with E-state index in [1.807, 2.05) is 0 Å². The molecule has 0 atom stereocenters. The van der Waals surface area contributed by atoms with Gasteiger partial charge in [-0.25, -0.2) is 0 Å². The first-order valence-corrected chi connectivity index (χ1v) is 16.4. The lowest BCUT2D eigenvalue weighted by atomic mass is 10.0. The summed E-state index contributed by atoms with van der Waals surface area (Å²) in [5.74, 6) is 0. The summed E-state index contributed by atoms with van der Waals surface area (Å²) in [6, 6.07) is 69.9. The van der Waals surface area contributed by atoms with Gasteiger partial charge in [0, 0.05) is 22.1 Å². The highest BCUT2D eigenvalue weighted by Gasteiger charge is 2.18. The highest BCUT2D eigenvalue weighted by molar-refractivity contribution is 6.02. The molecule has 48 heavy (non-hydrogen) atoms. The Morgan fingerprint density at radius 3 is 0.896 bits per heavy atom. The van der Waals surface area contributed by atoms with Crippen LogP contribution in [-0.4, -0.2) is 9.13 Å². The van der Waals surface area contributed by atoms with Gasteiger partial charge in [-0.1, -0.05) is 146 Å². The maximum absolute atomic E-state index is 2.40. The maximum atomic E-state index is 2.40. The van der Waals surface area contributed by atoms with E-state index in [0.29, 0.717) is 0 Å². The Hall–Kier alpha value is -6.38. The molecule has 226 valence electrons. The van der Waals surface area contributed by atoms with Crippen molar-refractivity contribution in [1.82, 2.24) is 9.13 Å². The molecule has 0 N–H and O–H groups in total. The van der Waals surface area contributed by atoms with Crippen molar-refractivity contribution in [3.05, 3.63) is 194 Å². The van der Waals surface area contributed by atoms with E-state index in [9.17, 15) is 0 Å². The Labute approximate surface area is 280 Å². The van der Waals surface area contributed by atoms with Crippen molar-refractivity contribution < 1.29 is 0 Å². The number of rotatable bonds is 6. The highest BCUT2D eigenvalue weighted by atomic mass is 15.0. The van der Waals surface area contributed by atoms with Crippen molar-refractivity contribution >= 4 is 21.8 Å². The van der Waals surface area contributed by atoms with E-state index >= 15 is 0 Å². The molecule has 2 heteroatoms. The van der Waals surface area contributed by atoms with Gasteiger partial charge in [0.05, 0.1) is 22.4 Å². The third-order valence-corrected chi connectivity index (χ3v) is 9.33. The van der Waals surface area contributed by atoms with Crippen LogP contribution in [0.3, 0.4) is 0 Å². The van der Waals surface area contributed by atoms with Crippen LogP contribution in [0, 0.1) is 0 Å². The Bertz CT molecular complexity index is 2310. The van der Waals surface area contributed by atoms with Crippen LogP contribution in [0.2, 0.25) is 0 Å². The topological polar surface area (TPSA) is 9.86 Å². The van der Waals surface area contributed by atoms with Gasteiger partial charge in [-0.2, -0.15) is 0 Å². The SMILES string of the molecule is c1ccc(-c2ccc(-c3cc4cc5c(cc(-c6ccc(-c7ccccc7)cc6)n5-c5ccccc5)cc4n3-c3ccccc3)cc2)cc1. The largest absolute Gasteiger partial charge is 0.309 e. The van der Waals surface area contributed by atoms with E-state index in [-0.39, 0.29) is 0 Å². The fraction of sp³-hybridized carbons (Fsp3) is 0. The number of nitrogens with zero attached hydrogens (tertiary/aromatic N) is 2. The monoisotopic (exact) mass is 612 g/mol. The zero-order valence-electron chi connectivity index (χ0n) is 26.4. The Kier molecular flexibility index (Phi) is 6.84. The number of hydrogen-bond donors (Lipinski definition) is 0. The first kappa shape index (κ1) is 27.9. The Morgan fingerprint density at radius 2 is 0.542 bits per heavy atom. The minimum Gasteiger partial charge on any atom is -0.309 e. The molecule has 0 radical (unpaired) electrons. The zero-order valence-corrected chi connectivity index (χ0v) is 26.4. The number of aromatic nitrogens is 2. The molecule has 2 heterocycles. The molecule has 9 rings (SSSR count). The zero-order chi connectivity index (χ0) is 31.9. The molecule has 2 nitrogen and oxygen atoms in total. The molecule has 9 aromatic rings. The van der Waals surface area contributed by atoms with Crippen LogP contribution in [0.5, 0.6) is 0 Å². The number of para-hydroxylation sites is 2. The average molecular weight is 613 g/mol. The molecule has 0 saturated carbocycles. The Balaban J connectivity index is 1.23. The van der Waals surface area contributed by atoms with E-state index in [2.05, 4.69) is 203 Å². The van der Waals surface area contributed by atoms with Gasteiger partial charge in [-0.3, -0.25) is 0 Å². The van der Waals surface area contributed by atoms with Gasteiger partial charge in [0.2, 0.25) is 0 Å². The lowest BCUT2D eigenvalue weighted by Gasteiger charge is -2.13. The highest BCUT2D eigenvalue weighted by Crippen LogP contribution is 2.39. The quantitative estimate of drug-likeness (QED) is 0.177. The molecule has 0 aliphatic heterocycles. The number of hydrogen-bond acceptors (Lipinski definition) is 0. The van der Waals surface area contributed by atoms with Crippen LogP contribution < -0.4 is 0 Å². The van der Waals surface area contributed by atoms with Gasteiger partial charge < -0.3 is 9.13 Å². The second-order valence-corrected chi connectivity index (χ2v) is 12.3. The smallest absolute Gasteiger partial charge is 0.0542 e. The van der Waals surface area contributed by atoms with Crippen LogP contribution in [0.15, 0.2) is 194 Å². The minimum absolute atomic E-state index is 1.15. The first-order valence-electron chi connectivity index (χ1n) is 16.4. The molecule has 0 fully saturated rings. The predicted molar refractivity (Wildman–Crippen MR) is 202 cm³/mol. The molecule has 0 saturated heterocycles. The van der Waals surface area contributed by atoms with Crippen LogP contribution >= 0.6 is 0 Å². The molecular weight excluding hydrogens is 581 g/mol. The van der Waals surface area contributed by atoms with E-state index in [1.165, 1.54) is 66.6 Å². The summed E-state index contributed by atoms with van der Waals surface area (Å²) >= 11 is 0. The van der Waals surface area contributed by atoms with Gasteiger partial charge in [0.25, 0.3) is 0 Å². The van der Waals surface area contributed by atoms with Crippen molar-refractivity contribution in [2.24, 2.45) is 0 Å². The normalized spacial score (nSPS) is 11.3. The van der Waals surface area contributed by atoms with E-state index in [4.69, 9.17) is 0 Å². The molecule has 0 spiro atoms. The summed E-state index contributed by atoms with van der Waals surface area (Å²) in [7, 11) is 0. The molecule has 2 aromatic heterocycles. The van der Waals surface area contributed by atoms with Gasteiger partial charge in [0.1, 0.15) is 0 Å². The summed E-state index contributed by atoms with van der Waals surface area (Å²) in [5.41, 5.74) is 14.3. The molecule has 0 aliphatic rings. The molecular formula is C46H32N2. The minimum atomic E-state index is 1.15. The van der Waals surface area contributed by atoms with Crippen molar-refractivity contribution in [2.75, 3.05) is 0 Å². The second-order valence-electron chi connectivity index (χ2n) is 12.3. The lowest BCUT2D eigenvalue weighted by molar-refractivity contribution is 1.13. The average Bonchev–Trinajstić information content (AvgIpc) is 3.73. The standard InChI is InChI=1S/C46H32N2/c1-5-13-33(14-6-1)35-21-25-37(26-22-35)43-29-39-31-46-40(32-45(39)47(43)41-17-9-3-10-18-41)30-44(48(46)42-19-11-4-12-20-42)38-27-23-36(24-28-38)34-15-7-2-8-16-34/h1-32H. The summed E-state index contributed by atoms with van der Waals surface area (Å²) in [4.78, 5) is 0. The predicted octanol–water partition coefficient (Wildman–Crippen LogP) is 12.2.